The van der Waals surface area contributed by atoms with Gasteiger partial charge in [0.2, 0.25) is 0 Å². The molecule has 0 radical (unpaired) electrons. The summed E-state index contributed by atoms with van der Waals surface area (Å²) in [6.45, 7) is 5.34. The van der Waals surface area contributed by atoms with Crippen LogP contribution in [0.25, 0.3) is 0 Å². The summed E-state index contributed by atoms with van der Waals surface area (Å²) in [6.07, 6.45) is 0.971. The van der Waals surface area contributed by atoms with Crippen LogP contribution >= 0.6 is 0 Å². The Hall–Kier alpha value is -2.20. The molecule has 1 aliphatic heterocycles. The predicted octanol–water partition coefficient (Wildman–Crippen LogP) is 4.07. The second-order valence-electron chi connectivity index (χ2n) is 6.70. The lowest BCUT2D eigenvalue weighted by Crippen LogP contribution is -2.31. The van der Waals surface area contributed by atoms with Gasteiger partial charge in [-0.1, -0.05) is 19.9 Å². The average Bonchev–Trinajstić information content (AvgIpc) is 2.65. The zero-order valence-electron chi connectivity index (χ0n) is 15.7. The van der Waals surface area contributed by atoms with E-state index >= 15 is 0 Å². The Kier molecular flexibility index (Phi) is 5.19. The van der Waals surface area contributed by atoms with Gasteiger partial charge in [0.15, 0.2) is 11.5 Å². The van der Waals surface area contributed by atoms with Crippen LogP contribution in [0.4, 0.5) is 0 Å². The Morgan fingerprint density at radius 1 is 0.880 bits per heavy atom. The molecule has 0 saturated heterocycles. The summed E-state index contributed by atoms with van der Waals surface area (Å²) < 4.78 is 16.6. The molecule has 1 heterocycles. The van der Waals surface area contributed by atoms with Gasteiger partial charge in [-0.2, -0.15) is 0 Å². The Bertz CT molecular complexity index is 755. The molecule has 134 valence electrons. The largest absolute Gasteiger partial charge is 0.496 e. The summed E-state index contributed by atoms with van der Waals surface area (Å²) in [7, 11) is 5.08. The lowest BCUT2D eigenvalue weighted by Gasteiger charge is -2.30. The molecule has 3 rings (SSSR count). The average molecular weight is 341 g/mol. The first kappa shape index (κ1) is 17.6. The molecule has 0 bridgehead atoms. The fourth-order valence-corrected chi connectivity index (χ4v) is 3.50. The van der Waals surface area contributed by atoms with Crippen molar-refractivity contribution in [2.75, 3.05) is 27.9 Å². The summed E-state index contributed by atoms with van der Waals surface area (Å²) in [5.41, 5.74) is 4.99. The van der Waals surface area contributed by atoms with Crippen LogP contribution in [0.3, 0.4) is 0 Å². The highest BCUT2D eigenvalue weighted by molar-refractivity contribution is 5.54. The molecule has 4 nitrogen and oxygen atoms in total. The van der Waals surface area contributed by atoms with Crippen molar-refractivity contribution >= 4 is 0 Å². The molecule has 0 saturated carbocycles. The molecule has 2 aromatic rings. The van der Waals surface area contributed by atoms with Crippen LogP contribution in [0.1, 0.15) is 48.1 Å². The molecule has 25 heavy (non-hydrogen) atoms. The summed E-state index contributed by atoms with van der Waals surface area (Å²) in [5.74, 6) is 2.92. The van der Waals surface area contributed by atoms with E-state index in [4.69, 9.17) is 14.2 Å². The van der Waals surface area contributed by atoms with E-state index in [-0.39, 0.29) is 6.04 Å². The van der Waals surface area contributed by atoms with Gasteiger partial charge < -0.3 is 19.5 Å². The number of ether oxygens (including phenoxy) is 3. The van der Waals surface area contributed by atoms with Gasteiger partial charge in [-0.3, -0.25) is 0 Å². The van der Waals surface area contributed by atoms with E-state index in [1.165, 1.54) is 22.3 Å². The highest BCUT2D eigenvalue weighted by Crippen LogP contribution is 2.40. The minimum atomic E-state index is 0.0807. The van der Waals surface area contributed by atoms with Crippen molar-refractivity contribution in [1.82, 2.24) is 5.32 Å². The third kappa shape index (κ3) is 3.31. The number of methoxy groups -OCH3 is 3. The van der Waals surface area contributed by atoms with Gasteiger partial charge in [0.05, 0.1) is 27.4 Å². The summed E-state index contributed by atoms with van der Waals surface area (Å²) in [4.78, 5) is 0. The fraction of sp³-hybridized carbons (Fsp3) is 0.429. The molecular weight excluding hydrogens is 314 g/mol. The first-order valence-corrected chi connectivity index (χ1v) is 8.75. The molecule has 2 aromatic carbocycles. The van der Waals surface area contributed by atoms with Gasteiger partial charge in [-0.15, -0.1) is 0 Å². The number of hydrogen-bond donors (Lipinski definition) is 1. The number of rotatable bonds is 5. The van der Waals surface area contributed by atoms with Crippen LogP contribution in [0.5, 0.6) is 17.2 Å². The molecule has 1 unspecified atom stereocenters. The quantitative estimate of drug-likeness (QED) is 0.890. The van der Waals surface area contributed by atoms with Crippen molar-refractivity contribution in [2.24, 2.45) is 0 Å². The molecule has 0 aliphatic carbocycles. The lowest BCUT2D eigenvalue weighted by atomic mass is 9.87. The fourth-order valence-electron chi connectivity index (χ4n) is 3.50. The van der Waals surface area contributed by atoms with Crippen molar-refractivity contribution in [1.29, 1.82) is 0 Å². The maximum Gasteiger partial charge on any atom is 0.161 e. The Balaban J connectivity index is 2.13. The van der Waals surface area contributed by atoms with Crippen molar-refractivity contribution in [2.45, 2.75) is 32.2 Å². The highest BCUT2D eigenvalue weighted by Gasteiger charge is 2.26. The minimum absolute atomic E-state index is 0.0807. The molecule has 0 aromatic heterocycles. The SMILES string of the molecule is COc1cc2c(cc1OC)C(c1cc(C(C)C)ccc1OC)NCC2. The number of fused-ring (bicyclic) bond motifs is 1. The Labute approximate surface area is 150 Å². The molecule has 0 fully saturated rings. The molecule has 1 aliphatic rings. The van der Waals surface area contributed by atoms with Crippen LogP contribution < -0.4 is 19.5 Å². The van der Waals surface area contributed by atoms with Crippen molar-refractivity contribution in [3.63, 3.8) is 0 Å². The van der Waals surface area contributed by atoms with Crippen LogP contribution in [0.2, 0.25) is 0 Å². The molecule has 0 amide bonds. The molecule has 1 atom stereocenters. The molecule has 4 heteroatoms. The second-order valence-corrected chi connectivity index (χ2v) is 6.70. The van der Waals surface area contributed by atoms with Crippen LogP contribution in [-0.2, 0) is 6.42 Å². The van der Waals surface area contributed by atoms with E-state index in [1.807, 2.05) is 0 Å². The minimum Gasteiger partial charge on any atom is -0.496 e. The predicted molar refractivity (Wildman–Crippen MR) is 100 cm³/mol. The summed E-state index contributed by atoms with van der Waals surface area (Å²) in [5, 5.41) is 3.64. The standard InChI is InChI=1S/C21H27NO3/c1-13(2)14-6-7-18(23-3)17(10-14)21-16-12-20(25-5)19(24-4)11-15(16)8-9-22-21/h6-7,10-13,21-22H,8-9H2,1-5H3. The third-order valence-electron chi connectivity index (χ3n) is 4.93. The van der Waals surface area contributed by atoms with Gasteiger partial charge in [0, 0.05) is 12.1 Å². The van der Waals surface area contributed by atoms with E-state index in [1.54, 1.807) is 21.3 Å². The molecule has 0 spiro atoms. The number of nitrogens with one attached hydrogen (secondary N) is 1. The van der Waals surface area contributed by atoms with Crippen LogP contribution in [-0.4, -0.2) is 27.9 Å². The van der Waals surface area contributed by atoms with Gasteiger partial charge in [-0.25, -0.2) is 0 Å². The van der Waals surface area contributed by atoms with Gasteiger partial charge in [-0.05, 0) is 53.3 Å². The Morgan fingerprint density at radius 2 is 1.56 bits per heavy atom. The van der Waals surface area contributed by atoms with Gasteiger partial charge >= 0.3 is 0 Å². The number of hydrogen-bond acceptors (Lipinski definition) is 4. The highest BCUT2D eigenvalue weighted by atomic mass is 16.5. The van der Waals surface area contributed by atoms with E-state index in [2.05, 4.69) is 49.5 Å². The first-order chi connectivity index (χ1) is 12.1. The van der Waals surface area contributed by atoms with E-state index in [0.717, 1.165) is 30.2 Å². The monoisotopic (exact) mass is 341 g/mol. The van der Waals surface area contributed by atoms with Crippen LogP contribution in [0, 0.1) is 0 Å². The van der Waals surface area contributed by atoms with E-state index < -0.39 is 0 Å². The smallest absolute Gasteiger partial charge is 0.161 e. The normalized spacial score (nSPS) is 16.5. The zero-order chi connectivity index (χ0) is 18.0. The summed E-state index contributed by atoms with van der Waals surface area (Å²) in [6, 6.07) is 10.7. The molecular formula is C21H27NO3. The maximum absolute atomic E-state index is 5.65. The van der Waals surface area contributed by atoms with Crippen molar-refractivity contribution in [3.05, 3.63) is 52.6 Å². The Morgan fingerprint density at radius 3 is 2.20 bits per heavy atom. The zero-order valence-corrected chi connectivity index (χ0v) is 15.7. The summed E-state index contributed by atoms with van der Waals surface area (Å²) >= 11 is 0. The third-order valence-corrected chi connectivity index (χ3v) is 4.93. The maximum atomic E-state index is 5.65. The number of benzene rings is 2. The molecule has 1 N–H and O–H groups in total. The van der Waals surface area contributed by atoms with Gasteiger partial charge in [0.25, 0.3) is 0 Å². The van der Waals surface area contributed by atoms with E-state index in [9.17, 15) is 0 Å². The lowest BCUT2D eigenvalue weighted by molar-refractivity contribution is 0.352. The topological polar surface area (TPSA) is 39.7 Å². The van der Waals surface area contributed by atoms with E-state index in [0.29, 0.717) is 5.92 Å². The first-order valence-electron chi connectivity index (χ1n) is 8.75. The van der Waals surface area contributed by atoms with Crippen LogP contribution in [0.15, 0.2) is 30.3 Å². The van der Waals surface area contributed by atoms with Gasteiger partial charge in [0.1, 0.15) is 5.75 Å². The second kappa shape index (κ2) is 7.36. The van der Waals surface area contributed by atoms with Crippen molar-refractivity contribution < 1.29 is 14.2 Å². The van der Waals surface area contributed by atoms with Crippen molar-refractivity contribution in [3.8, 4) is 17.2 Å².